The van der Waals surface area contributed by atoms with Crippen LogP contribution in [-0.2, 0) is 4.79 Å². The maximum Gasteiger partial charge on any atom is 0.272 e. The normalized spacial score (nSPS) is 11.3. The Morgan fingerprint density at radius 1 is 0.667 bits per heavy atom. The number of anilines is 1. The molecular weight excluding hydrogens is 555 g/mol. The van der Waals surface area contributed by atoms with Crippen LogP contribution in [-0.4, -0.2) is 17.6 Å². The molecule has 0 atom stereocenters. The first-order valence-electron chi connectivity index (χ1n) is 11.7. The van der Waals surface area contributed by atoms with Crippen molar-refractivity contribution in [3.05, 3.63) is 146 Å². The second-order valence-corrected chi connectivity index (χ2v) is 9.54. The largest absolute Gasteiger partial charge is 0.321 e. The average molecular weight is 576 g/mol. The zero-order valence-corrected chi connectivity index (χ0v) is 22.6. The van der Waals surface area contributed by atoms with E-state index in [1.54, 1.807) is 109 Å². The summed E-state index contributed by atoms with van der Waals surface area (Å²) in [5.74, 6) is -1.24. The molecule has 0 aliphatic heterocycles. The highest BCUT2D eigenvalue weighted by molar-refractivity contribution is 6.37. The van der Waals surface area contributed by atoms with Crippen LogP contribution in [0.4, 0.5) is 5.69 Å². The van der Waals surface area contributed by atoms with Crippen LogP contribution in [0.5, 0.6) is 0 Å². The van der Waals surface area contributed by atoms with Gasteiger partial charge in [-0.1, -0.05) is 71.2 Å². The molecule has 4 aromatic carbocycles. The zero-order valence-electron chi connectivity index (χ0n) is 20.3. The summed E-state index contributed by atoms with van der Waals surface area (Å²) in [6.07, 6.45) is 4.49. The lowest BCUT2D eigenvalue weighted by atomic mass is 10.1. The number of hydrogen-bond acceptors (Lipinski definition) is 3. The molecule has 0 saturated heterocycles. The lowest BCUT2D eigenvalue weighted by molar-refractivity contribution is -0.113. The van der Waals surface area contributed by atoms with E-state index in [4.69, 9.17) is 34.8 Å². The van der Waals surface area contributed by atoms with Crippen molar-refractivity contribution >= 4 is 70.2 Å². The molecule has 0 heterocycles. The number of ketones is 1. The van der Waals surface area contributed by atoms with E-state index >= 15 is 0 Å². The molecule has 4 aromatic rings. The first kappa shape index (κ1) is 27.9. The number of halogens is 3. The van der Waals surface area contributed by atoms with E-state index in [1.807, 2.05) is 0 Å². The fourth-order valence-electron chi connectivity index (χ4n) is 3.51. The quantitative estimate of drug-likeness (QED) is 0.165. The van der Waals surface area contributed by atoms with Crippen molar-refractivity contribution in [2.24, 2.45) is 0 Å². The molecule has 8 heteroatoms. The monoisotopic (exact) mass is 574 g/mol. The molecule has 0 radical (unpaired) electrons. The summed E-state index contributed by atoms with van der Waals surface area (Å²) in [6, 6.07) is 26.9. The number of benzene rings is 4. The fourth-order valence-corrected chi connectivity index (χ4v) is 4.16. The summed E-state index contributed by atoms with van der Waals surface area (Å²) in [4.78, 5) is 38.6. The van der Waals surface area contributed by atoms with Gasteiger partial charge in [-0.05, 0) is 84.5 Å². The number of carbonyl (C=O) groups is 3. The molecule has 0 aromatic heterocycles. The summed E-state index contributed by atoms with van der Waals surface area (Å²) >= 11 is 18.3. The second kappa shape index (κ2) is 13.1. The van der Waals surface area contributed by atoms with Crippen LogP contribution in [0.2, 0.25) is 15.1 Å². The standard InChI is InChI=1S/C31H21Cl3N2O3/c32-23-13-9-20(10-14-23)19-28(36-30(38)22-5-2-1-3-6-22)31(39)35-24-15-11-21(12-16-24)29(37)18-17-25-26(33)7-4-8-27(25)34/h1-19H,(H,35,39)(H,36,38)/b18-17+,28-19-. The Balaban J connectivity index is 1.50. The Morgan fingerprint density at radius 3 is 1.95 bits per heavy atom. The van der Waals surface area contributed by atoms with Crippen LogP contribution >= 0.6 is 34.8 Å². The van der Waals surface area contributed by atoms with Gasteiger partial charge in [-0.2, -0.15) is 0 Å². The third-order valence-corrected chi connectivity index (χ3v) is 6.45. The number of carbonyl (C=O) groups excluding carboxylic acids is 3. The summed E-state index contributed by atoms with van der Waals surface area (Å²) in [5.41, 5.74) is 2.50. The van der Waals surface area contributed by atoms with Crippen molar-refractivity contribution in [2.75, 3.05) is 5.32 Å². The lowest BCUT2D eigenvalue weighted by Gasteiger charge is -2.12. The number of amides is 2. The van der Waals surface area contributed by atoms with Crippen molar-refractivity contribution in [3.63, 3.8) is 0 Å². The van der Waals surface area contributed by atoms with Gasteiger partial charge >= 0.3 is 0 Å². The van der Waals surface area contributed by atoms with E-state index in [0.29, 0.717) is 43.0 Å². The number of rotatable bonds is 8. The Hall–Kier alpha value is -4.16. The molecule has 0 unspecified atom stereocenters. The highest BCUT2D eigenvalue weighted by Gasteiger charge is 2.15. The second-order valence-electron chi connectivity index (χ2n) is 8.29. The summed E-state index contributed by atoms with van der Waals surface area (Å²) in [7, 11) is 0. The molecule has 2 N–H and O–H groups in total. The maximum absolute atomic E-state index is 13.2. The molecule has 5 nitrogen and oxygen atoms in total. The first-order valence-corrected chi connectivity index (χ1v) is 12.8. The van der Waals surface area contributed by atoms with E-state index < -0.39 is 11.8 Å². The highest BCUT2D eigenvalue weighted by Crippen LogP contribution is 2.25. The summed E-state index contributed by atoms with van der Waals surface area (Å²) in [6.45, 7) is 0. The van der Waals surface area contributed by atoms with E-state index in [-0.39, 0.29) is 11.5 Å². The highest BCUT2D eigenvalue weighted by atomic mass is 35.5. The molecule has 0 bridgehead atoms. The smallest absolute Gasteiger partial charge is 0.272 e. The molecule has 194 valence electrons. The molecular formula is C31H21Cl3N2O3. The average Bonchev–Trinajstić information content (AvgIpc) is 2.94. The van der Waals surface area contributed by atoms with Gasteiger partial charge in [0.05, 0.1) is 0 Å². The maximum atomic E-state index is 13.2. The minimum atomic E-state index is -0.540. The van der Waals surface area contributed by atoms with Gasteiger partial charge in [0.25, 0.3) is 11.8 Å². The van der Waals surface area contributed by atoms with E-state index in [2.05, 4.69) is 10.6 Å². The third-order valence-electron chi connectivity index (χ3n) is 5.54. The number of allylic oxidation sites excluding steroid dienone is 1. The number of hydrogen-bond donors (Lipinski definition) is 2. The summed E-state index contributed by atoms with van der Waals surface area (Å²) < 4.78 is 0. The fraction of sp³-hybridized carbons (Fsp3) is 0. The van der Waals surface area contributed by atoms with Crippen molar-refractivity contribution in [1.82, 2.24) is 5.32 Å². The lowest BCUT2D eigenvalue weighted by Crippen LogP contribution is -2.30. The van der Waals surface area contributed by atoms with Gasteiger partial charge in [0.1, 0.15) is 5.70 Å². The van der Waals surface area contributed by atoms with Gasteiger partial charge in [-0.25, -0.2) is 0 Å². The van der Waals surface area contributed by atoms with Crippen molar-refractivity contribution in [2.45, 2.75) is 0 Å². The van der Waals surface area contributed by atoms with Crippen LogP contribution < -0.4 is 10.6 Å². The van der Waals surface area contributed by atoms with Crippen LogP contribution in [0.3, 0.4) is 0 Å². The summed E-state index contributed by atoms with van der Waals surface area (Å²) in [5, 5.41) is 6.86. The molecule has 2 amide bonds. The predicted molar refractivity (Wildman–Crippen MR) is 158 cm³/mol. The Kier molecular flexibility index (Phi) is 9.34. The zero-order chi connectivity index (χ0) is 27.8. The van der Waals surface area contributed by atoms with Gasteiger partial charge in [-0.15, -0.1) is 0 Å². The van der Waals surface area contributed by atoms with Crippen molar-refractivity contribution < 1.29 is 14.4 Å². The van der Waals surface area contributed by atoms with Crippen LogP contribution in [0.1, 0.15) is 31.8 Å². The Labute approximate surface area is 240 Å². The van der Waals surface area contributed by atoms with Crippen molar-refractivity contribution in [1.29, 1.82) is 0 Å². The minimum Gasteiger partial charge on any atom is -0.321 e. The van der Waals surface area contributed by atoms with Crippen LogP contribution in [0.25, 0.3) is 12.2 Å². The number of nitrogens with one attached hydrogen (secondary N) is 2. The third kappa shape index (κ3) is 7.68. The molecule has 0 aliphatic carbocycles. The van der Waals surface area contributed by atoms with Gasteiger partial charge in [0.15, 0.2) is 5.78 Å². The molecule has 4 rings (SSSR count). The van der Waals surface area contributed by atoms with E-state index in [0.717, 1.165) is 0 Å². The van der Waals surface area contributed by atoms with Gasteiger partial charge in [-0.3, -0.25) is 14.4 Å². The van der Waals surface area contributed by atoms with Gasteiger partial charge in [0.2, 0.25) is 0 Å². The molecule has 0 aliphatic rings. The van der Waals surface area contributed by atoms with Gasteiger partial charge < -0.3 is 10.6 Å². The van der Waals surface area contributed by atoms with Crippen molar-refractivity contribution in [3.8, 4) is 0 Å². The van der Waals surface area contributed by atoms with E-state index in [1.165, 1.54) is 6.08 Å². The Bertz CT molecular complexity index is 1540. The SMILES string of the molecule is O=C(Nc1ccc(C(=O)/C=C/c2c(Cl)cccc2Cl)cc1)/C(=C/c1ccc(Cl)cc1)NC(=O)c1ccccc1. The minimum absolute atomic E-state index is 0.0332. The molecule has 0 saturated carbocycles. The Morgan fingerprint density at radius 2 is 1.31 bits per heavy atom. The van der Waals surface area contributed by atoms with Gasteiger partial charge in [0, 0.05) is 37.4 Å². The van der Waals surface area contributed by atoms with Crippen LogP contribution in [0, 0.1) is 0 Å². The molecule has 0 fully saturated rings. The molecule has 39 heavy (non-hydrogen) atoms. The molecule has 0 spiro atoms. The first-order chi connectivity index (χ1) is 18.8. The van der Waals surface area contributed by atoms with E-state index in [9.17, 15) is 14.4 Å². The predicted octanol–water partition coefficient (Wildman–Crippen LogP) is 7.95. The van der Waals surface area contributed by atoms with Crippen LogP contribution in [0.15, 0.2) is 109 Å². The topological polar surface area (TPSA) is 75.3 Å².